The summed E-state index contributed by atoms with van der Waals surface area (Å²) in [5, 5.41) is 16.4. The number of hydrogen-bond acceptors (Lipinski definition) is 6. The molecule has 8 nitrogen and oxygen atoms in total. The third kappa shape index (κ3) is 5.80. The fourth-order valence-electron chi connectivity index (χ4n) is 2.65. The molecule has 2 aromatic rings. The van der Waals surface area contributed by atoms with Gasteiger partial charge in [0.2, 0.25) is 0 Å². The molecule has 168 valence electrons. The highest BCUT2D eigenvalue weighted by Crippen LogP contribution is 2.28. The van der Waals surface area contributed by atoms with Crippen LogP contribution in [0.4, 0.5) is 13.2 Å². The van der Waals surface area contributed by atoms with Gasteiger partial charge in [-0.05, 0) is 38.8 Å². The number of aromatic nitrogens is 2. The van der Waals surface area contributed by atoms with E-state index in [1.54, 1.807) is 17.5 Å². The number of H-pyrrole nitrogens is 1. The highest BCUT2D eigenvalue weighted by Gasteiger charge is 2.38. The lowest BCUT2D eigenvalue weighted by atomic mass is 10.1. The number of nitrogens with zero attached hydrogens (tertiary/aromatic N) is 3. The Balaban J connectivity index is 0.000000396. The smallest absolute Gasteiger partial charge is 0.475 e. The Morgan fingerprint density at radius 2 is 2.07 bits per heavy atom. The summed E-state index contributed by atoms with van der Waals surface area (Å²) in [5.41, 5.74) is 3.13. The van der Waals surface area contributed by atoms with Gasteiger partial charge in [0, 0.05) is 24.7 Å². The second-order valence-electron chi connectivity index (χ2n) is 6.96. The Morgan fingerprint density at radius 3 is 2.57 bits per heavy atom. The van der Waals surface area contributed by atoms with E-state index in [9.17, 15) is 21.6 Å². The molecule has 0 aromatic carbocycles. The number of alkyl halides is 3. The standard InChI is InChI=1S/C15H22N4O2S2.C2HF3O2/c1-11(2)18(3)9-13-12-6-7-19(10-14(12)17-16-13)23(20,21)15-5-4-8-22-15;3-2(4,5)1(6)7/h4-5,8,11H,6-7,9-10H2,1-3H3,(H,16,17);(H,6,7). The number of rotatable bonds is 5. The average Bonchev–Trinajstić information content (AvgIpc) is 3.31. The lowest BCUT2D eigenvalue weighted by Crippen LogP contribution is -2.36. The van der Waals surface area contributed by atoms with Crippen LogP contribution in [0.2, 0.25) is 0 Å². The minimum atomic E-state index is -5.08. The van der Waals surface area contributed by atoms with E-state index in [1.165, 1.54) is 21.2 Å². The molecule has 3 heterocycles. The Labute approximate surface area is 176 Å². The van der Waals surface area contributed by atoms with Crippen LogP contribution in [0.25, 0.3) is 0 Å². The van der Waals surface area contributed by atoms with E-state index in [0.717, 1.165) is 17.9 Å². The number of thiophene rings is 1. The second-order valence-corrected chi connectivity index (χ2v) is 10.1. The number of fused-ring (bicyclic) bond motifs is 1. The van der Waals surface area contributed by atoms with E-state index in [0.29, 0.717) is 29.8 Å². The van der Waals surface area contributed by atoms with Gasteiger partial charge < -0.3 is 5.11 Å². The van der Waals surface area contributed by atoms with E-state index in [-0.39, 0.29) is 0 Å². The van der Waals surface area contributed by atoms with Gasteiger partial charge in [0.15, 0.2) is 0 Å². The first-order valence-electron chi connectivity index (χ1n) is 8.93. The third-order valence-electron chi connectivity index (χ3n) is 4.60. The molecule has 0 fully saturated rings. The molecule has 0 bridgehead atoms. The number of hydrogen-bond donors (Lipinski definition) is 2. The molecule has 0 atom stereocenters. The Bertz CT molecular complexity index is 956. The van der Waals surface area contributed by atoms with Crippen molar-refractivity contribution in [2.45, 2.75) is 49.8 Å². The molecule has 2 N–H and O–H groups in total. The third-order valence-corrected chi connectivity index (χ3v) is 7.81. The van der Waals surface area contributed by atoms with Crippen molar-refractivity contribution in [2.24, 2.45) is 0 Å². The van der Waals surface area contributed by atoms with E-state index in [1.807, 2.05) is 0 Å². The quantitative estimate of drug-likeness (QED) is 0.699. The fraction of sp³-hybridized carbons (Fsp3) is 0.529. The molecule has 30 heavy (non-hydrogen) atoms. The first kappa shape index (κ1) is 24.3. The summed E-state index contributed by atoms with van der Waals surface area (Å²) in [4.78, 5) is 11.1. The van der Waals surface area contributed by atoms with Gasteiger partial charge in [-0.1, -0.05) is 6.07 Å². The molecular formula is C17H23F3N4O4S2. The highest BCUT2D eigenvalue weighted by atomic mass is 32.2. The van der Waals surface area contributed by atoms with Crippen LogP contribution in [0, 0.1) is 0 Å². The number of carboxylic acids is 1. The summed E-state index contributed by atoms with van der Waals surface area (Å²) in [6.45, 7) is 5.95. The first-order chi connectivity index (χ1) is 13.8. The van der Waals surface area contributed by atoms with Crippen molar-refractivity contribution in [1.29, 1.82) is 0 Å². The van der Waals surface area contributed by atoms with Crippen LogP contribution in [0.5, 0.6) is 0 Å². The number of halogens is 3. The molecule has 0 amide bonds. The van der Waals surface area contributed by atoms with Crippen LogP contribution in [0.15, 0.2) is 21.7 Å². The molecule has 0 aliphatic carbocycles. The van der Waals surface area contributed by atoms with Crippen molar-refractivity contribution in [2.75, 3.05) is 13.6 Å². The zero-order chi connectivity index (χ0) is 22.7. The van der Waals surface area contributed by atoms with Crippen molar-refractivity contribution >= 4 is 27.3 Å². The topological polar surface area (TPSA) is 107 Å². The maximum atomic E-state index is 12.6. The van der Waals surface area contributed by atoms with Gasteiger partial charge >= 0.3 is 12.1 Å². The monoisotopic (exact) mass is 468 g/mol. The van der Waals surface area contributed by atoms with E-state index < -0.39 is 22.2 Å². The first-order valence-corrected chi connectivity index (χ1v) is 11.2. The van der Waals surface area contributed by atoms with Gasteiger partial charge in [-0.3, -0.25) is 10.00 Å². The van der Waals surface area contributed by atoms with Crippen LogP contribution in [-0.2, 0) is 34.3 Å². The van der Waals surface area contributed by atoms with Crippen molar-refractivity contribution in [3.05, 3.63) is 34.5 Å². The van der Waals surface area contributed by atoms with Crippen LogP contribution < -0.4 is 0 Å². The lowest BCUT2D eigenvalue weighted by Gasteiger charge is -2.26. The summed E-state index contributed by atoms with van der Waals surface area (Å²) >= 11 is 1.26. The van der Waals surface area contributed by atoms with Crippen molar-refractivity contribution in [3.8, 4) is 0 Å². The van der Waals surface area contributed by atoms with Crippen LogP contribution >= 0.6 is 11.3 Å². The minimum Gasteiger partial charge on any atom is -0.475 e. The predicted molar refractivity (Wildman–Crippen MR) is 105 cm³/mol. The Morgan fingerprint density at radius 1 is 1.43 bits per heavy atom. The molecule has 13 heteroatoms. The van der Waals surface area contributed by atoms with Crippen molar-refractivity contribution in [1.82, 2.24) is 19.4 Å². The molecule has 0 saturated heterocycles. The van der Waals surface area contributed by atoms with E-state index >= 15 is 0 Å². The average molecular weight is 469 g/mol. The second kappa shape index (κ2) is 9.45. The molecule has 0 unspecified atom stereocenters. The van der Waals surface area contributed by atoms with E-state index in [2.05, 4.69) is 36.0 Å². The summed E-state index contributed by atoms with van der Waals surface area (Å²) in [7, 11) is -1.32. The number of aliphatic carboxylic acids is 1. The van der Waals surface area contributed by atoms with Gasteiger partial charge in [0.1, 0.15) is 4.21 Å². The zero-order valence-corrected chi connectivity index (χ0v) is 18.2. The van der Waals surface area contributed by atoms with Gasteiger partial charge in [-0.25, -0.2) is 13.2 Å². The normalized spacial score (nSPS) is 15.1. The van der Waals surface area contributed by atoms with Crippen molar-refractivity contribution < 1.29 is 31.5 Å². The largest absolute Gasteiger partial charge is 0.490 e. The number of sulfonamides is 1. The SMILES string of the molecule is CC(C)N(C)Cc1n[nH]c2c1CCN(S(=O)(=O)c1cccs1)C2.O=C(O)C(F)(F)F. The number of aromatic amines is 1. The fourth-order valence-corrected chi connectivity index (χ4v) is 5.21. The van der Waals surface area contributed by atoms with Gasteiger partial charge in [-0.15, -0.1) is 11.3 Å². The number of carboxylic acid groups (broad SMARTS) is 1. The van der Waals surface area contributed by atoms with Crippen LogP contribution in [-0.4, -0.2) is 64.7 Å². The molecule has 3 rings (SSSR count). The molecule has 0 spiro atoms. The Hall–Kier alpha value is -1.96. The summed E-state index contributed by atoms with van der Waals surface area (Å²) in [6.07, 6.45) is -4.38. The maximum absolute atomic E-state index is 12.6. The van der Waals surface area contributed by atoms with Crippen LogP contribution in [0.1, 0.15) is 30.8 Å². The highest BCUT2D eigenvalue weighted by molar-refractivity contribution is 7.91. The lowest BCUT2D eigenvalue weighted by molar-refractivity contribution is -0.192. The molecule has 1 aliphatic heterocycles. The summed E-state index contributed by atoms with van der Waals surface area (Å²) in [6, 6.07) is 3.87. The van der Waals surface area contributed by atoms with Gasteiger partial charge in [0.05, 0.1) is 17.9 Å². The Kier molecular flexibility index (Phi) is 7.66. The number of carbonyl (C=O) groups is 1. The molecule has 2 aromatic heterocycles. The molecule has 1 aliphatic rings. The van der Waals surface area contributed by atoms with Crippen LogP contribution in [0.3, 0.4) is 0 Å². The zero-order valence-electron chi connectivity index (χ0n) is 16.6. The molecule has 0 saturated carbocycles. The predicted octanol–water partition coefficient (Wildman–Crippen LogP) is 2.69. The number of nitrogens with one attached hydrogen (secondary N) is 1. The van der Waals surface area contributed by atoms with Gasteiger partial charge in [0.25, 0.3) is 10.0 Å². The van der Waals surface area contributed by atoms with E-state index in [4.69, 9.17) is 9.90 Å². The van der Waals surface area contributed by atoms with Gasteiger partial charge in [-0.2, -0.15) is 22.6 Å². The molecular weight excluding hydrogens is 445 g/mol. The minimum absolute atomic E-state index is 0.369. The summed E-state index contributed by atoms with van der Waals surface area (Å²) < 4.78 is 58.9. The maximum Gasteiger partial charge on any atom is 0.490 e. The molecule has 0 radical (unpaired) electrons. The summed E-state index contributed by atoms with van der Waals surface area (Å²) in [5.74, 6) is -2.76. The van der Waals surface area contributed by atoms with Crippen molar-refractivity contribution in [3.63, 3.8) is 0 Å².